The maximum atomic E-state index is 12.0. The minimum atomic E-state index is -1.05. The van der Waals surface area contributed by atoms with Crippen LogP contribution in [-0.4, -0.2) is 53.5 Å². The fourth-order valence-electron chi connectivity index (χ4n) is 2.37. The van der Waals surface area contributed by atoms with Crippen molar-refractivity contribution in [3.63, 3.8) is 0 Å². The number of pyridine rings is 1. The Labute approximate surface area is 124 Å². The minimum absolute atomic E-state index is 0.0776. The smallest absolute Gasteiger partial charge is 0.337 e. The Morgan fingerprint density at radius 2 is 2.05 bits per heavy atom. The van der Waals surface area contributed by atoms with Crippen LogP contribution in [0.2, 0.25) is 0 Å². The van der Waals surface area contributed by atoms with E-state index in [-0.39, 0.29) is 22.6 Å². The number of rotatable bonds is 4. The molecule has 0 bridgehead atoms. The highest BCUT2D eigenvalue weighted by atomic mass is 16.4. The monoisotopic (exact) mass is 291 g/mol. The number of hydrogen-bond donors (Lipinski definition) is 2. The Hall–Kier alpha value is -1.95. The molecular formula is C15H21N3O3. The molecular weight excluding hydrogens is 270 g/mol. The molecule has 1 saturated heterocycles. The van der Waals surface area contributed by atoms with Gasteiger partial charge in [0, 0.05) is 12.7 Å². The van der Waals surface area contributed by atoms with E-state index < -0.39 is 5.97 Å². The van der Waals surface area contributed by atoms with Gasteiger partial charge >= 0.3 is 5.97 Å². The van der Waals surface area contributed by atoms with Crippen LogP contribution in [-0.2, 0) is 0 Å². The van der Waals surface area contributed by atoms with Crippen molar-refractivity contribution in [2.75, 3.05) is 26.7 Å². The average Bonchev–Trinajstić information content (AvgIpc) is 2.48. The van der Waals surface area contributed by atoms with Crippen molar-refractivity contribution in [3.05, 3.63) is 29.6 Å². The predicted octanol–water partition coefficient (Wildman–Crippen LogP) is 1.24. The lowest BCUT2D eigenvalue weighted by atomic mass is 9.80. The van der Waals surface area contributed by atoms with Gasteiger partial charge in [-0.2, -0.15) is 0 Å². The Morgan fingerprint density at radius 1 is 1.38 bits per heavy atom. The molecule has 0 spiro atoms. The molecule has 1 aliphatic heterocycles. The SMILES string of the molecule is CN1CCC(C)(CNC(=O)c2ccc(C(=O)O)cn2)CC1. The summed E-state index contributed by atoms with van der Waals surface area (Å²) in [5.41, 5.74) is 0.439. The molecule has 0 radical (unpaired) electrons. The van der Waals surface area contributed by atoms with Crippen molar-refractivity contribution in [1.82, 2.24) is 15.2 Å². The lowest BCUT2D eigenvalue weighted by Gasteiger charge is -2.37. The van der Waals surface area contributed by atoms with E-state index in [1.54, 1.807) is 0 Å². The first-order chi connectivity index (χ1) is 9.89. The third-order valence-electron chi connectivity index (χ3n) is 4.11. The standard InChI is InChI=1S/C15H21N3O3/c1-15(5-7-18(2)8-6-15)10-17-13(19)12-4-3-11(9-16-12)14(20)21/h3-4,9H,5-8,10H2,1-2H3,(H,17,19)(H,20,21). The predicted molar refractivity (Wildman–Crippen MR) is 78.4 cm³/mol. The van der Waals surface area contributed by atoms with Gasteiger partial charge in [-0.15, -0.1) is 0 Å². The maximum Gasteiger partial charge on any atom is 0.337 e. The Bertz CT molecular complexity index is 519. The molecule has 1 aromatic rings. The van der Waals surface area contributed by atoms with Crippen molar-refractivity contribution >= 4 is 11.9 Å². The van der Waals surface area contributed by atoms with Crippen molar-refractivity contribution in [3.8, 4) is 0 Å². The van der Waals surface area contributed by atoms with Gasteiger partial charge in [-0.25, -0.2) is 4.79 Å². The summed E-state index contributed by atoms with van der Waals surface area (Å²) < 4.78 is 0. The van der Waals surface area contributed by atoms with Crippen LogP contribution in [0.4, 0.5) is 0 Å². The second kappa shape index (κ2) is 6.22. The molecule has 2 heterocycles. The van der Waals surface area contributed by atoms with E-state index in [9.17, 15) is 9.59 Å². The molecule has 6 nitrogen and oxygen atoms in total. The second-order valence-electron chi connectivity index (χ2n) is 6.03. The van der Waals surface area contributed by atoms with Gasteiger partial charge in [0.1, 0.15) is 5.69 Å². The molecule has 0 unspecified atom stereocenters. The van der Waals surface area contributed by atoms with Gasteiger partial charge in [-0.1, -0.05) is 6.92 Å². The molecule has 2 rings (SSSR count). The van der Waals surface area contributed by atoms with E-state index in [1.807, 2.05) is 0 Å². The number of piperidine rings is 1. The first-order valence-corrected chi connectivity index (χ1v) is 7.06. The Balaban J connectivity index is 1.91. The fraction of sp³-hybridized carbons (Fsp3) is 0.533. The molecule has 21 heavy (non-hydrogen) atoms. The lowest BCUT2D eigenvalue weighted by Crippen LogP contribution is -2.43. The molecule has 1 aliphatic rings. The fourth-order valence-corrected chi connectivity index (χ4v) is 2.37. The Kier molecular flexibility index (Phi) is 4.57. The molecule has 0 aliphatic carbocycles. The number of hydrogen-bond acceptors (Lipinski definition) is 4. The molecule has 0 saturated carbocycles. The number of likely N-dealkylation sites (tertiary alicyclic amines) is 1. The highest BCUT2D eigenvalue weighted by Gasteiger charge is 2.29. The Morgan fingerprint density at radius 3 is 2.57 bits per heavy atom. The van der Waals surface area contributed by atoms with Crippen LogP contribution in [0.3, 0.4) is 0 Å². The molecule has 0 atom stereocenters. The van der Waals surface area contributed by atoms with Crippen LogP contribution in [0.1, 0.15) is 40.6 Å². The van der Waals surface area contributed by atoms with E-state index in [4.69, 9.17) is 5.11 Å². The summed E-state index contributed by atoms with van der Waals surface area (Å²) in [6.07, 6.45) is 3.30. The van der Waals surface area contributed by atoms with Crippen molar-refractivity contribution in [2.24, 2.45) is 5.41 Å². The first-order valence-electron chi connectivity index (χ1n) is 7.06. The number of nitrogens with one attached hydrogen (secondary N) is 1. The van der Waals surface area contributed by atoms with E-state index in [2.05, 4.69) is 29.2 Å². The van der Waals surface area contributed by atoms with Crippen molar-refractivity contribution < 1.29 is 14.7 Å². The zero-order valence-electron chi connectivity index (χ0n) is 12.4. The molecule has 114 valence electrons. The second-order valence-corrected chi connectivity index (χ2v) is 6.03. The molecule has 0 aromatic carbocycles. The topological polar surface area (TPSA) is 82.5 Å². The molecule has 1 amide bonds. The van der Waals surface area contributed by atoms with E-state index in [0.29, 0.717) is 6.54 Å². The van der Waals surface area contributed by atoms with Crippen LogP contribution >= 0.6 is 0 Å². The van der Waals surface area contributed by atoms with Crippen LogP contribution in [0, 0.1) is 5.41 Å². The highest BCUT2D eigenvalue weighted by molar-refractivity contribution is 5.93. The molecule has 1 aromatic heterocycles. The van der Waals surface area contributed by atoms with Gasteiger partial charge in [-0.05, 0) is 50.5 Å². The zero-order valence-corrected chi connectivity index (χ0v) is 12.4. The summed E-state index contributed by atoms with van der Waals surface area (Å²) in [5, 5.41) is 11.7. The van der Waals surface area contributed by atoms with Crippen LogP contribution in [0.5, 0.6) is 0 Å². The van der Waals surface area contributed by atoms with Gasteiger partial charge < -0.3 is 15.3 Å². The zero-order chi connectivity index (χ0) is 15.5. The van der Waals surface area contributed by atoms with E-state index >= 15 is 0 Å². The summed E-state index contributed by atoms with van der Waals surface area (Å²) in [6.45, 7) is 4.87. The number of carbonyl (C=O) groups is 2. The van der Waals surface area contributed by atoms with Crippen molar-refractivity contribution in [2.45, 2.75) is 19.8 Å². The first kappa shape index (κ1) is 15.4. The van der Waals surface area contributed by atoms with Crippen LogP contribution < -0.4 is 5.32 Å². The highest BCUT2D eigenvalue weighted by Crippen LogP contribution is 2.29. The normalized spacial score (nSPS) is 18.2. The third-order valence-corrected chi connectivity index (χ3v) is 4.11. The van der Waals surface area contributed by atoms with Gasteiger partial charge in [0.05, 0.1) is 5.56 Å². The number of amides is 1. The lowest BCUT2D eigenvalue weighted by molar-refractivity contribution is 0.0695. The summed E-state index contributed by atoms with van der Waals surface area (Å²) >= 11 is 0. The maximum absolute atomic E-state index is 12.0. The molecule has 6 heteroatoms. The minimum Gasteiger partial charge on any atom is -0.478 e. The van der Waals surface area contributed by atoms with Gasteiger partial charge in [0.15, 0.2) is 0 Å². The molecule has 1 fully saturated rings. The van der Waals surface area contributed by atoms with E-state index in [1.165, 1.54) is 18.3 Å². The summed E-state index contributed by atoms with van der Waals surface area (Å²) in [5.74, 6) is -1.31. The molecule has 2 N–H and O–H groups in total. The van der Waals surface area contributed by atoms with E-state index in [0.717, 1.165) is 25.9 Å². The number of aromatic carboxylic acids is 1. The summed E-state index contributed by atoms with van der Waals surface area (Å²) in [7, 11) is 2.10. The van der Waals surface area contributed by atoms with Crippen LogP contribution in [0.15, 0.2) is 18.3 Å². The number of nitrogens with zero attached hydrogens (tertiary/aromatic N) is 2. The third kappa shape index (κ3) is 4.01. The largest absolute Gasteiger partial charge is 0.478 e. The summed E-state index contributed by atoms with van der Waals surface area (Å²) in [4.78, 5) is 29.0. The number of carboxylic acid groups (broad SMARTS) is 1. The van der Waals surface area contributed by atoms with Crippen LogP contribution in [0.25, 0.3) is 0 Å². The number of carboxylic acids is 1. The van der Waals surface area contributed by atoms with Gasteiger partial charge in [0.25, 0.3) is 5.91 Å². The van der Waals surface area contributed by atoms with Gasteiger partial charge in [0.2, 0.25) is 0 Å². The quantitative estimate of drug-likeness (QED) is 0.872. The summed E-state index contributed by atoms with van der Waals surface area (Å²) in [6, 6.07) is 2.83. The van der Waals surface area contributed by atoms with Crippen molar-refractivity contribution in [1.29, 1.82) is 0 Å². The number of aromatic nitrogens is 1. The van der Waals surface area contributed by atoms with Gasteiger partial charge in [-0.3, -0.25) is 9.78 Å². The average molecular weight is 291 g/mol. The number of carbonyl (C=O) groups excluding carboxylic acids is 1.